The van der Waals surface area contributed by atoms with Crippen LogP contribution in [0.2, 0.25) is 0 Å². The highest BCUT2D eigenvalue weighted by Gasteiger charge is 1.97. The van der Waals surface area contributed by atoms with Crippen molar-refractivity contribution in [3.05, 3.63) is 41.5 Å². The second-order valence-corrected chi connectivity index (χ2v) is 3.10. The highest BCUT2D eigenvalue weighted by atomic mass is 16.2. The standard InChI is InChI=1S/C12H14O2/c1-10(14)12-7-4-6-11(9-12)5-2-3-8-13/h2,4-7,9,13H,3,8H2,1H3. The summed E-state index contributed by atoms with van der Waals surface area (Å²) in [6.07, 6.45) is 4.44. The SMILES string of the molecule is CC(=O)c1cccc(C=CCCO)c1. The van der Waals surface area contributed by atoms with Crippen molar-refractivity contribution in [2.75, 3.05) is 6.61 Å². The first-order chi connectivity index (χ1) is 6.74. The average Bonchev–Trinajstić information content (AvgIpc) is 2.19. The Kier molecular flexibility index (Phi) is 4.08. The van der Waals surface area contributed by atoms with Crippen molar-refractivity contribution in [3.8, 4) is 0 Å². The average molecular weight is 190 g/mol. The second-order valence-electron chi connectivity index (χ2n) is 3.10. The Morgan fingerprint density at radius 3 is 2.93 bits per heavy atom. The lowest BCUT2D eigenvalue weighted by Crippen LogP contribution is -1.91. The molecule has 0 spiro atoms. The van der Waals surface area contributed by atoms with Crippen molar-refractivity contribution in [1.29, 1.82) is 0 Å². The van der Waals surface area contributed by atoms with Gasteiger partial charge >= 0.3 is 0 Å². The van der Waals surface area contributed by atoms with E-state index in [1.807, 2.05) is 30.4 Å². The van der Waals surface area contributed by atoms with Crippen molar-refractivity contribution >= 4 is 11.9 Å². The molecule has 0 saturated heterocycles. The van der Waals surface area contributed by atoms with Crippen LogP contribution in [0.4, 0.5) is 0 Å². The van der Waals surface area contributed by atoms with E-state index in [9.17, 15) is 4.79 Å². The highest BCUT2D eigenvalue weighted by Crippen LogP contribution is 2.08. The van der Waals surface area contributed by atoms with Gasteiger partial charge < -0.3 is 5.11 Å². The van der Waals surface area contributed by atoms with Crippen LogP contribution in [0.15, 0.2) is 30.3 Å². The summed E-state index contributed by atoms with van der Waals surface area (Å²) in [6.45, 7) is 1.71. The molecule has 1 N–H and O–H groups in total. The Labute approximate surface area is 83.9 Å². The van der Waals surface area contributed by atoms with Crippen LogP contribution in [-0.4, -0.2) is 17.5 Å². The van der Waals surface area contributed by atoms with Crippen molar-refractivity contribution in [2.45, 2.75) is 13.3 Å². The van der Waals surface area contributed by atoms with Gasteiger partial charge in [0, 0.05) is 12.2 Å². The smallest absolute Gasteiger partial charge is 0.159 e. The molecule has 0 bridgehead atoms. The van der Waals surface area contributed by atoms with E-state index in [0.29, 0.717) is 6.42 Å². The molecule has 14 heavy (non-hydrogen) atoms. The predicted molar refractivity (Wildman–Crippen MR) is 57.2 cm³/mol. The number of aliphatic hydroxyl groups is 1. The Morgan fingerprint density at radius 2 is 2.29 bits per heavy atom. The topological polar surface area (TPSA) is 37.3 Å². The minimum atomic E-state index is 0.0717. The molecule has 0 aromatic heterocycles. The minimum Gasteiger partial charge on any atom is -0.396 e. The lowest BCUT2D eigenvalue weighted by Gasteiger charge is -1.97. The van der Waals surface area contributed by atoms with Gasteiger partial charge in [-0.25, -0.2) is 0 Å². The summed E-state index contributed by atoms with van der Waals surface area (Å²) < 4.78 is 0. The Morgan fingerprint density at radius 1 is 1.50 bits per heavy atom. The van der Waals surface area contributed by atoms with Crippen LogP contribution in [-0.2, 0) is 0 Å². The summed E-state index contributed by atoms with van der Waals surface area (Å²) in [5.41, 5.74) is 1.71. The number of hydrogen-bond donors (Lipinski definition) is 1. The molecule has 0 radical (unpaired) electrons. The molecule has 0 amide bonds. The maximum Gasteiger partial charge on any atom is 0.159 e. The maximum absolute atomic E-state index is 11.1. The maximum atomic E-state index is 11.1. The molecule has 0 fully saturated rings. The number of ketones is 1. The van der Waals surface area contributed by atoms with E-state index in [2.05, 4.69) is 0 Å². The molecule has 0 aliphatic heterocycles. The molecule has 0 aliphatic rings. The van der Waals surface area contributed by atoms with Crippen molar-refractivity contribution in [2.24, 2.45) is 0 Å². The first kappa shape index (κ1) is 10.7. The van der Waals surface area contributed by atoms with Gasteiger partial charge in [-0.15, -0.1) is 0 Å². The van der Waals surface area contributed by atoms with Gasteiger partial charge in [-0.3, -0.25) is 4.79 Å². The Hall–Kier alpha value is -1.41. The second kappa shape index (κ2) is 5.35. The minimum absolute atomic E-state index is 0.0717. The van der Waals surface area contributed by atoms with E-state index in [0.717, 1.165) is 11.1 Å². The van der Waals surface area contributed by atoms with E-state index >= 15 is 0 Å². The van der Waals surface area contributed by atoms with Gasteiger partial charge in [0.2, 0.25) is 0 Å². The number of benzene rings is 1. The van der Waals surface area contributed by atoms with Gasteiger partial charge in [0.25, 0.3) is 0 Å². The molecule has 0 saturated carbocycles. The van der Waals surface area contributed by atoms with Crippen LogP contribution < -0.4 is 0 Å². The largest absolute Gasteiger partial charge is 0.396 e. The molecule has 1 aromatic rings. The van der Waals surface area contributed by atoms with Crippen molar-refractivity contribution < 1.29 is 9.90 Å². The molecule has 0 atom stereocenters. The summed E-state index contributed by atoms with van der Waals surface area (Å²) in [6, 6.07) is 7.43. The van der Waals surface area contributed by atoms with Gasteiger partial charge in [0.05, 0.1) is 0 Å². The zero-order chi connectivity index (χ0) is 10.4. The van der Waals surface area contributed by atoms with Crippen molar-refractivity contribution in [3.63, 3.8) is 0 Å². The van der Waals surface area contributed by atoms with Crippen LogP contribution in [0.3, 0.4) is 0 Å². The van der Waals surface area contributed by atoms with Crippen LogP contribution >= 0.6 is 0 Å². The van der Waals surface area contributed by atoms with Gasteiger partial charge in [-0.05, 0) is 25.0 Å². The molecule has 1 aromatic carbocycles. The lowest BCUT2D eigenvalue weighted by molar-refractivity contribution is 0.101. The quantitative estimate of drug-likeness (QED) is 0.739. The Bertz CT molecular complexity index is 340. The van der Waals surface area contributed by atoms with E-state index in [1.165, 1.54) is 0 Å². The van der Waals surface area contributed by atoms with E-state index in [4.69, 9.17) is 5.11 Å². The van der Waals surface area contributed by atoms with E-state index < -0.39 is 0 Å². The van der Waals surface area contributed by atoms with Crippen LogP contribution in [0, 0.1) is 0 Å². The summed E-state index contributed by atoms with van der Waals surface area (Å²) >= 11 is 0. The highest BCUT2D eigenvalue weighted by molar-refractivity contribution is 5.94. The zero-order valence-corrected chi connectivity index (χ0v) is 8.23. The van der Waals surface area contributed by atoms with Gasteiger partial charge in [0.1, 0.15) is 0 Å². The predicted octanol–water partition coefficient (Wildman–Crippen LogP) is 2.28. The molecule has 74 valence electrons. The number of hydrogen-bond acceptors (Lipinski definition) is 2. The molecular formula is C12H14O2. The van der Waals surface area contributed by atoms with Gasteiger partial charge in [-0.1, -0.05) is 30.4 Å². The molecular weight excluding hydrogens is 176 g/mol. The molecule has 0 heterocycles. The van der Waals surface area contributed by atoms with Crippen molar-refractivity contribution in [1.82, 2.24) is 0 Å². The first-order valence-corrected chi connectivity index (χ1v) is 4.62. The van der Waals surface area contributed by atoms with Gasteiger partial charge in [0.15, 0.2) is 5.78 Å². The first-order valence-electron chi connectivity index (χ1n) is 4.62. The fraction of sp³-hybridized carbons (Fsp3) is 0.250. The summed E-state index contributed by atoms with van der Waals surface area (Å²) in [4.78, 5) is 11.1. The number of carbonyl (C=O) groups excluding carboxylic acids is 1. The normalized spacial score (nSPS) is 10.7. The molecule has 0 unspecified atom stereocenters. The number of Topliss-reactive ketones (excluding diaryl/α,β-unsaturated/α-hetero) is 1. The van der Waals surface area contributed by atoms with Crippen LogP contribution in [0.5, 0.6) is 0 Å². The zero-order valence-electron chi connectivity index (χ0n) is 8.23. The summed E-state index contributed by atoms with van der Waals surface area (Å²) in [5.74, 6) is 0.0717. The van der Waals surface area contributed by atoms with E-state index in [1.54, 1.807) is 13.0 Å². The van der Waals surface area contributed by atoms with Crippen LogP contribution in [0.25, 0.3) is 6.08 Å². The molecule has 0 aliphatic carbocycles. The third kappa shape index (κ3) is 3.15. The summed E-state index contributed by atoms with van der Waals surface area (Å²) in [5, 5.41) is 8.58. The fourth-order valence-electron chi connectivity index (χ4n) is 1.16. The number of aliphatic hydroxyl groups excluding tert-OH is 1. The lowest BCUT2D eigenvalue weighted by atomic mass is 10.1. The summed E-state index contributed by atoms with van der Waals surface area (Å²) in [7, 11) is 0. The Balaban J connectivity index is 2.78. The molecule has 2 nitrogen and oxygen atoms in total. The number of carbonyl (C=O) groups is 1. The molecule has 2 heteroatoms. The van der Waals surface area contributed by atoms with Gasteiger partial charge in [-0.2, -0.15) is 0 Å². The van der Waals surface area contributed by atoms with E-state index in [-0.39, 0.29) is 12.4 Å². The molecule has 1 rings (SSSR count). The third-order valence-electron chi connectivity index (χ3n) is 1.90. The fourth-order valence-corrected chi connectivity index (χ4v) is 1.16. The number of rotatable bonds is 4. The monoisotopic (exact) mass is 190 g/mol. The third-order valence-corrected chi connectivity index (χ3v) is 1.90. The van der Waals surface area contributed by atoms with Crippen LogP contribution in [0.1, 0.15) is 29.3 Å².